The van der Waals surface area contributed by atoms with Gasteiger partial charge in [0.25, 0.3) is 0 Å². The highest BCUT2D eigenvalue weighted by Crippen LogP contribution is 2.39. The highest BCUT2D eigenvalue weighted by atomic mass is 16.2. The molecule has 5 nitrogen and oxygen atoms in total. The zero-order valence-electron chi connectivity index (χ0n) is 9.14. The second kappa shape index (κ2) is 5.11. The van der Waals surface area contributed by atoms with Gasteiger partial charge >= 0.3 is 0 Å². The van der Waals surface area contributed by atoms with Gasteiger partial charge in [0, 0.05) is 26.6 Å². The van der Waals surface area contributed by atoms with Crippen molar-refractivity contribution in [3.63, 3.8) is 0 Å². The summed E-state index contributed by atoms with van der Waals surface area (Å²) in [5.74, 6) is -0.0640. The van der Waals surface area contributed by atoms with Crippen molar-refractivity contribution in [2.24, 2.45) is 11.1 Å². The van der Waals surface area contributed by atoms with E-state index in [2.05, 4.69) is 10.6 Å². The van der Waals surface area contributed by atoms with E-state index in [1.807, 2.05) is 0 Å². The Labute approximate surface area is 89.8 Å². The average Bonchev–Trinajstić information content (AvgIpc) is 2.16. The van der Waals surface area contributed by atoms with E-state index in [9.17, 15) is 9.59 Å². The molecule has 0 bridgehead atoms. The van der Waals surface area contributed by atoms with Gasteiger partial charge in [-0.05, 0) is 12.8 Å². The first kappa shape index (κ1) is 12.0. The molecule has 1 aliphatic rings. The molecular weight excluding hydrogens is 194 g/mol. The molecule has 5 heteroatoms. The van der Waals surface area contributed by atoms with Crippen LogP contribution in [0.4, 0.5) is 0 Å². The minimum Gasteiger partial charge on any atom is -0.359 e. The molecule has 0 aliphatic heterocycles. The van der Waals surface area contributed by atoms with Crippen LogP contribution in [0.15, 0.2) is 0 Å². The third kappa shape index (κ3) is 2.68. The lowest BCUT2D eigenvalue weighted by atomic mass is 9.68. The molecule has 0 aromatic rings. The van der Waals surface area contributed by atoms with E-state index in [4.69, 9.17) is 5.73 Å². The van der Waals surface area contributed by atoms with E-state index in [0.717, 1.165) is 19.3 Å². The van der Waals surface area contributed by atoms with Gasteiger partial charge in [-0.3, -0.25) is 9.59 Å². The number of nitrogens with one attached hydrogen (secondary N) is 2. The van der Waals surface area contributed by atoms with E-state index >= 15 is 0 Å². The predicted octanol–water partition coefficient (Wildman–Crippen LogP) is -0.632. The summed E-state index contributed by atoms with van der Waals surface area (Å²) in [4.78, 5) is 22.6. The summed E-state index contributed by atoms with van der Waals surface area (Å²) in [7, 11) is 1.58. The van der Waals surface area contributed by atoms with Gasteiger partial charge in [0.1, 0.15) is 0 Å². The zero-order valence-corrected chi connectivity index (χ0v) is 9.14. The number of amides is 2. The molecule has 0 aromatic carbocycles. The predicted molar refractivity (Wildman–Crippen MR) is 57.0 cm³/mol. The minimum absolute atomic E-state index is 0.000142. The van der Waals surface area contributed by atoms with E-state index < -0.39 is 0 Å². The molecule has 15 heavy (non-hydrogen) atoms. The topological polar surface area (TPSA) is 84.2 Å². The number of carbonyl (C=O) groups excluding carboxylic acids is 2. The highest BCUT2D eigenvalue weighted by Gasteiger charge is 2.42. The van der Waals surface area contributed by atoms with Crippen LogP contribution in [0.1, 0.15) is 25.7 Å². The molecule has 1 fully saturated rings. The summed E-state index contributed by atoms with van der Waals surface area (Å²) in [6.07, 6.45) is 3.13. The van der Waals surface area contributed by atoms with Gasteiger partial charge in [-0.2, -0.15) is 0 Å². The maximum atomic E-state index is 11.7. The first-order valence-electron chi connectivity index (χ1n) is 5.33. The quantitative estimate of drug-likeness (QED) is 0.568. The average molecular weight is 213 g/mol. The van der Waals surface area contributed by atoms with E-state index in [1.165, 1.54) is 0 Å². The van der Waals surface area contributed by atoms with Gasteiger partial charge in [-0.1, -0.05) is 6.42 Å². The second-order valence-electron chi connectivity index (χ2n) is 4.02. The molecular formula is C10H19N3O2. The van der Waals surface area contributed by atoms with Crippen molar-refractivity contribution in [2.45, 2.75) is 25.7 Å². The van der Waals surface area contributed by atoms with Crippen molar-refractivity contribution in [3.05, 3.63) is 0 Å². The summed E-state index contributed by atoms with van der Waals surface area (Å²) in [5.41, 5.74) is 5.24. The van der Waals surface area contributed by atoms with Crippen molar-refractivity contribution in [3.8, 4) is 0 Å². The lowest BCUT2D eigenvalue weighted by Gasteiger charge is -2.39. The summed E-state index contributed by atoms with van der Waals surface area (Å²) >= 11 is 0. The Bertz CT molecular complexity index is 244. The maximum Gasteiger partial charge on any atom is 0.227 e. The van der Waals surface area contributed by atoms with Crippen LogP contribution in [-0.4, -0.2) is 32.0 Å². The van der Waals surface area contributed by atoms with Crippen molar-refractivity contribution >= 4 is 11.8 Å². The summed E-state index contributed by atoms with van der Waals surface area (Å²) in [5, 5.41) is 5.27. The Morgan fingerprint density at radius 1 is 1.40 bits per heavy atom. The maximum absolute atomic E-state index is 11.7. The fourth-order valence-electron chi connectivity index (χ4n) is 1.73. The molecule has 0 atom stereocenters. The van der Waals surface area contributed by atoms with Crippen molar-refractivity contribution in [2.75, 3.05) is 20.1 Å². The third-order valence-corrected chi connectivity index (χ3v) is 3.10. The van der Waals surface area contributed by atoms with Gasteiger partial charge < -0.3 is 16.4 Å². The van der Waals surface area contributed by atoms with Crippen LogP contribution >= 0.6 is 0 Å². The van der Waals surface area contributed by atoms with Crippen LogP contribution in [0.3, 0.4) is 0 Å². The molecule has 2 amide bonds. The first-order valence-corrected chi connectivity index (χ1v) is 5.33. The summed E-state index contributed by atoms with van der Waals surface area (Å²) < 4.78 is 0. The van der Waals surface area contributed by atoms with Crippen molar-refractivity contribution < 1.29 is 9.59 Å². The summed E-state index contributed by atoms with van der Waals surface area (Å²) in [6.45, 7) is 0.791. The smallest absolute Gasteiger partial charge is 0.227 e. The molecule has 1 saturated carbocycles. The number of carbonyl (C=O) groups is 2. The Morgan fingerprint density at radius 3 is 2.47 bits per heavy atom. The second-order valence-corrected chi connectivity index (χ2v) is 4.02. The molecule has 0 saturated heterocycles. The molecule has 0 heterocycles. The van der Waals surface area contributed by atoms with E-state index in [1.54, 1.807) is 7.05 Å². The van der Waals surface area contributed by atoms with Crippen LogP contribution in [0.2, 0.25) is 0 Å². The molecule has 0 spiro atoms. The largest absolute Gasteiger partial charge is 0.359 e. The molecule has 1 aliphatic carbocycles. The lowest BCUT2D eigenvalue weighted by molar-refractivity contribution is -0.135. The van der Waals surface area contributed by atoms with Crippen molar-refractivity contribution in [1.29, 1.82) is 0 Å². The molecule has 0 aromatic heterocycles. The SMILES string of the molecule is CNC(=O)CCNC(=O)C1(CN)CCC1. The van der Waals surface area contributed by atoms with Gasteiger partial charge in [0.2, 0.25) is 11.8 Å². The van der Waals surface area contributed by atoms with Gasteiger partial charge in [0.05, 0.1) is 5.41 Å². The molecule has 4 N–H and O–H groups in total. The monoisotopic (exact) mass is 213 g/mol. The van der Waals surface area contributed by atoms with Gasteiger partial charge in [-0.15, -0.1) is 0 Å². The van der Waals surface area contributed by atoms with Crippen LogP contribution < -0.4 is 16.4 Å². The number of nitrogens with two attached hydrogens (primary N) is 1. The Balaban J connectivity index is 2.26. The normalized spacial score (nSPS) is 17.7. The number of rotatable bonds is 5. The fraction of sp³-hybridized carbons (Fsp3) is 0.800. The van der Waals surface area contributed by atoms with Crippen LogP contribution in [0, 0.1) is 5.41 Å². The Hall–Kier alpha value is -1.10. The van der Waals surface area contributed by atoms with Crippen LogP contribution in [0.25, 0.3) is 0 Å². The van der Waals surface area contributed by atoms with Crippen LogP contribution in [0.5, 0.6) is 0 Å². The Morgan fingerprint density at radius 2 is 2.07 bits per heavy atom. The summed E-state index contributed by atoms with van der Waals surface area (Å²) in [6, 6.07) is 0. The van der Waals surface area contributed by atoms with Gasteiger partial charge in [-0.25, -0.2) is 0 Å². The highest BCUT2D eigenvalue weighted by molar-refractivity contribution is 5.84. The van der Waals surface area contributed by atoms with Gasteiger partial charge in [0.15, 0.2) is 0 Å². The minimum atomic E-state index is -0.345. The number of hydrogen-bond donors (Lipinski definition) is 3. The molecule has 0 radical (unpaired) electrons. The zero-order chi connectivity index (χ0) is 11.3. The Kier molecular flexibility index (Phi) is 4.08. The molecule has 0 unspecified atom stereocenters. The molecule has 1 rings (SSSR count). The fourth-order valence-corrected chi connectivity index (χ4v) is 1.73. The standard InChI is InChI=1S/C10H19N3O2/c1-12-8(14)3-6-13-9(15)10(7-11)4-2-5-10/h2-7,11H2,1H3,(H,12,14)(H,13,15). The third-order valence-electron chi connectivity index (χ3n) is 3.10. The van der Waals surface area contributed by atoms with E-state index in [-0.39, 0.29) is 17.2 Å². The van der Waals surface area contributed by atoms with E-state index in [0.29, 0.717) is 19.5 Å². The number of hydrogen-bond acceptors (Lipinski definition) is 3. The first-order chi connectivity index (χ1) is 7.14. The van der Waals surface area contributed by atoms with Crippen LogP contribution in [-0.2, 0) is 9.59 Å². The van der Waals surface area contributed by atoms with Crippen molar-refractivity contribution in [1.82, 2.24) is 10.6 Å². The molecule has 86 valence electrons. The lowest BCUT2D eigenvalue weighted by Crippen LogP contribution is -2.50.